The third-order valence-corrected chi connectivity index (χ3v) is 2.82. The summed E-state index contributed by atoms with van der Waals surface area (Å²) in [6, 6.07) is -0.102. The van der Waals surface area contributed by atoms with Crippen LogP contribution in [-0.4, -0.2) is 31.0 Å². The second kappa shape index (κ2) is 4.80. The number of rotatable bonds is 3. The minimum Gasteiger partial charge on any atom is -0.395 e. The second-order valence-electron chi connectivity index (χ2n) is 3.57. The second-order valence-corrected chi connectivity index (χ2v) is 3.57. The van der Waals surface area contributed by atoms with Crippen molar-refractivity contribution in [2.24, 2.45) is 11.7 Å². The Hall–Kier alpha value is -0.120. The molecule has 0 radical (unpaired) electrons. The molecule has 3 unspecified atom stereocenters. The van der Waals surface area contributed by atoms with Gasteiger partial charge in [0.1, 0.15) is 0 Å². The molecule has 0 amide bonds. The summed E-state index contributed by atoms with van der Waals surface area (Å²) in [7, 11) is 1.73. The van der Waals surface area contributed by atoms with Crippen LogP contribution >= 0.6 is 0 Å². The predicted molar refractivity (Wildman–Crippen MR) is 47.8 cm³/mol. The molecule has 0 spiro atoms. The molecule has 0 aromatic rings. The van der Waals surface area contributed by atoms with E-state index >= 15 is 0 Å². The summed E-state index contributed by atoms with van der Waals surface area (Å²) in [5.41, 5.74) is 5.78. The SMILES string of the molecule is COC1CCCCC1C(N)CO. The molecule has 72 valence electrons. The first-order valence-electron chi connectivity index (χ1n) is 4.68. The molecule has 3 nitrogen and oxygen atoms in total. The molecule has 0 aromatic carbocycles. The molecule has 3 N–H and O–H groups in total. The molecule has 12 heavy (non-hydrogen) atoms. The minimum atomic E-state index is -0.102. The third kappa shape index (κ3) is 2.19. The predicted octanol–water partition coefficient (Wildman–Crippen LogP) is 0.511. The Balaban J connectivity index is 2.46. The maximum atomic E-state index is 8.92. The smallest absolute Gasteiger partial charge is 0.0615 e. The van der Waals surface area contributed by atoms with Gasteiger partial charge in [0.25, 0.3) is 0 Å². The van der Waals surface area contributed by atoms with E-state index in [9.17, 15) is 0 Å². The highest BCUT2D eigenvalue weighted by Crippen LogP contribution is 2.28. The summed E-state index contributed by atoms with van der Waals surface area (Å²) in [5.74, 6) is 0.355. The molecule has 1 aliphatic rings. The van der Waals surface area contributed by atoms with Crippen LogP contribution in [0.25, 0.3) is 0 Å². The Morgan fingerprint density at radius 3 is 2.75 bits per heavy atom. The van der Waals surface area contributed by atoms with Crippen LogP contribution in [0.4, 0.5) is 0 Å². The van der Waals surface area contributed by atoms with Gasteiger partial charge in [-0.3, -0.25) is 0 Å². The van der Waals surface area contributed by atoms with E-state index in [2.05, 4.69) is 0 Å². The third-order valence-electron chi connectivity index (χ3n) is 2.82. The number of hydrogen-bond acceptors (Lipinski definition) is 3. The molecule has 0 heterocycles. The Morgan fingerprint density at radius 1 is 1.50 bits per heavy atom. The Kier molecular flexibility index (Phi) is 3.98. The zero-order valence-corrected chi connectivity index (χ0v) is 7.70. The average molecular weight is 173 g/mol. The lowest BCUT2D eigenvalue weighted by atomic mass is 9.82. The van der Waals surface area contributed by atoms with E-state index in [1.54, 1.807) is 7.11 Å². The molecule has 1 fully saturated rings. The van der Waals surface area contributed by atoms with Crippen LogP contribution in [0.15, 0.2) is 0 Å². The van der Waals surface area contributed by atoms with Gasteiger partial charge in [-0.2, -0.15) is 0 Å². The van der Waals surface area contributed by atoms with Gasteiger partial charge in [-0.1, -0.05) is 12.8 Å². The van der Waals surface area contributed by atoms with Crippen molar-refractivity contribution < 1.29 is 9.84 Å². The fourth-order valence-corrected chi connectivity index (χ4v) is 2.04. The lowest BCUT2D eigenvalue weighted by Gasteiger charge is -2.33. The van der Waals surface area contributed by atoms with Gasteiger partial charge in [0.2, 0.25) is 0 Å². The molecule has 0 aromatic heterocycles. The van der Waals surface area contributed by atoms with Crippen LogP contribution in [0.1, 0.15) is 25.7 Å². The summed E-state index contributed by atoms with van der Waals surface area (Å²) in [4.78, 5) is 0. The van der Waals surface area contributed by atoms with Gasteiger partial charge in [-0.15, -0.1) is 0 Å². The first-order valence-corrected chi connectivity index (χ1v) is 4.68. The van der Waals surface area contributed by atoms with Crippen molar-refractivity contribution in [3.63, 3.8) is 0 Å². The van der Waals surface area contributed by atoms with E-state index in [4.69, 9.17) is 15.6 Å². The van der Waals surface area contributed by atoms with Crippen molar-refractivity contribution in [2.75, 3.05) is 13.7 Å². The fourth-order valence-electron chi connectivity index (χ4n) is 2.04. The Bertz CT molecular complexity index is 130. The number of ether oxygens (including phenoxy) is 1. The van der Waals surface area contributed by atoms with Gasteiger partial charge >= 0.3 is 0 Å². The van der Waals surface area contributed by atoms with E-state index in [1.807, 2.05) is 0 Å². The van der Waals surface area contributed by atoms with Crippen LogP contribution in [0.2, 0.25) is 0 Å². The van der Waals surface area contributed by atoms with Crippen molar-refractivity contribution in [1.82, 2.24) is 0 Å². The molecule has 0 bridgehead atoms. The van der Waals surface area contributed by atoms with Crippen molar-refractivity contribution >= 4 is 0 Å². The van der Waals surface area contributed by atoms with E-state index < -0.39 is 0 Å². The molecule has 0 aliphatic heterocycles. The monoisotopic (exact) mass is 173 g/mol. The van der Waals surface area contributed by atoms with E-state index in [1.165, 1.54) is 12.8 Å². The van der Waals surface area contributed by atoms with Crippen LogP contribution in [0.5, 0.6) is 0 Å². The highest BCUT2D eigenvalue weighted by atomic mass is 16.5. The molecular weight excluding hydrogens is 154 g/mol. The normalized spacial score (nSPS) is 33.2. The first kappa shape index (κ1) is 9.96. The number of aliphatic hydroxyl groups is 1. The van der Waals surface area contributed by atoms with Crippen LogP contribution in [0, 0.1) is 5.92 Å². The molecule has 3 atom stereocenters. The maximum Gasteiger partial charge on any atom is 0.0615 e. The van der Waals surface area contributed by atoms with Crippen molar-refractivity contribution in [3.8, 4) is 0 Å². The first-order chi connectivity index (χ1) is 5.79. The fraction of sp³-hybridized carbons (Fsp3) is 1.00. The van der Waals surface area contributed by atoms with E-state index in [0.29, 0.717) is 5.92 Å². The van der Waals surface area contributed by atoms with Crippen molar-refractivity contribution in [2.45, 2.75) is 37.8 Å². The number of methoxy groups -OCH3 is 1. The van der Waals surface area contributed by atoms with E-state index in [0.717, 1.165) is 12.8 Å². The summed E-state index contributed by atoms with van der Waals surface area (Å²) in [5, 5.41) is 8.92. The van der Waals surface area contributed by atoms with Gasteiger partial charge in [0, 0.05) is 19.1 Å². The Labute approximate surface area is 73.9 Å². The molecule has 0 saturated heterocycles. The quantitative estimate of drug-likeness (QED) is 0.654. The highest BCUT2D eigenvalue weighted by Gasteiger charge is 2.29. The van der Waals surface area contributed by atoms with Gasteiger partial charge in [0.05, 0.1) is 12.7 Å². The van der Waals surface area contributed by atoms with Gasteiger partial charge in [-0.05, 0) is 12.8 Å². The zero-order chi connectivity index (χ0) is 8.97. The maximum absolute atomic E-state index is 8.92. The number of hydrogen-bond donors (Lipinski definition) is 2. The number of nitrogens with two attached hydrogens (primary N) is 1. The summed E-state index contributed by atoms with van der Waals surface area (Å²) in [6.07, 6.45) is 4.90. The molecular formula is C9H19NO2. The summed E-state index contributed by atoms with van der Waals surface area (Å²) >= 11 is 0. The van der Waals surface area contributed by atoms with Crippen LogP contribution in [-0.2, 0) is 4.74 Å². The topological polar surface area (TPSA) is 55.5 Å². The summed E-state index contributed by atoms with van der Waals surface area (Å²) in [6.45, 7) is 0.0739. The van der Waals surface area contributed by atoms with Gasteiger partial charge in [-0.25, -0.2) is 0 Å². The Morgan fingerprint density at radius 2 is 2.17 bits per heavy atom. The van der Waals surface area contributed by atoms with Crippen LogP contribution < -0.4 is 5.73 Å². The zero-order valence-electron chi connectivity index (χ0n) is 7.70. The van der Waals surface area contributed by atoms with Crippen molar-refractivity contribution in [3.05, 3.63) is 0 Å². The summed E-state index contributed by atoms with van der Waals surface area (Å²) < 4.78 is 5.34. The lowest BCUT2D eigenvalue weighted by molar-refractivity contribution is 0.00526. The molecule has 1 saturated carbocycles. The standard InChI is InChI=1S/C9H19NO2/c1-12-9-5-3-2-4-7(9)8(10)6-11/h7-9,11H,2-6,10H2,1H3. The largest absolute Gasteiger partial charge is 0.395 e. The molecule has 1 aliphatic carbocycles. The minimum absolute atomic E-state index is 0.0739. The highest BCUT2D eigenvalue weighted by molar-refractivity contribution is 4.83. The average Bonchev–Trinajstić information content (AvgIpc) is 2.16. The lowest BCUT2D eigenvalue weighted by Crippen LogP contribution is -2.43. The molecule has 3 heteroatoms. The van der Waals surface area contributed by atoms with Crippen molar-refractivity contribution in [1.29, 1.82) is 0 Å². The van der Waals surface area contributed by atoms with Crippen LogP contribution in [0.3, 0.4) is 0 Å². The number of aliphatic hydroxyl groups excluding tert-OH is 1. The molecule has 1 rings (SSSR count). The van der Waals surface area contributed by atoms with Gasteiger partial charge in [0.15, 0.2) is 0 Å². The van der Waals surface area contributed by atoms with E-state index in [-0.39, 0.29) is 18.8 Å². The van der Waals surface area contributed by atoms with Gasteiger partial charge < -0.3 is 15.6 Å².